The van der Waals surface area contributed by atoms with Crippen LogP contribution in [0.15, 0.2) is 30.3 Å². The minimum Gasteiger partial charge on any atom is -0.382 e. The lowest BCUT2D eigenvalue weighted by Gasteiger charge is -2.22. The summed E-state index contributed by atoms with van der Waals surface area (Å²) in [4.78, 5) is 0. The van der Waals surface area contributed by atoms with Crippen molar-refractivity contribution in [3.8, 4) is 0 Å². The summed E-state index contributed by atoms with van der Waals surface area (Å²) in [5.41, 5.74) is 1.35. The summed E-state index contributed by atoms with van der Waals surface area (Å²) in [6.07, 6.45) is 2.46. The maximum Gasteiger partial charge on any atom is 0.0561 e. The van der Waals surface area contributed by atoms with Gasteiger partial charge in [0.2, 0.25) is 0 Å². The normalized spacial score (nSPS) is 14.7. The second-order valence-electron chi connectivity index (χ2n) is 4.20. The van der Waals surface area contributed by atoms with E-state index < -0.39 is 0 Å². The summed E-state index contributed by atoms with van der Waals surface area (Å²) in [6.45, 7) is 5.36. The van der Waals surface area contributed by atoms with Gasteiger partial charge in [0.05, 0.1) is 6.10 Å². The second kappa shape index (κ2) is 7.42. The highest BCUT2D eigenvalue weighted by Gasteiger charge is 2.13. The van der Waals surface area contributed by atoms with Gasteiger partial charge in [-0.15, -0.1) is 0 Å². The molecule has 0 aliphatic carbocycles. The molecule has 0 aliphatic rings. The first-order valence-electron chi connectivity index (χ1n) is 6.09. The Balaban J connectivity index is 2.63. The van der Waals surface area contributed by atoms with Crippen LogP contribution in [0.1, 0.15) is 38.3 Å². The molecule has 0 aromatic heterocycles. The van der Waals surface area contributed by atoms with Crippen LogP contribution in [0, 0.1) is 0 Å². The molecule has 90 valence electrons. The van der Waals surface area contributed by atoms with Crippen molar-refractivity contribution in [3.63, 3.8) is 0 Å². The van der Waals surface area contributed by atoms with E-state index in [4.69, 9.17) is 4.74 Å². The lowest BCUT2D eigenvalue weighted by atomic mass is 10.0. The van der Waals surface area contributed by atoms with E-state index in [1.54, 1.807) is 7.11 Å². The SMILES string of the molecule is CCCNC(CC(C)OC)c1ccccc1. The number of benzene rings is 1. The highest BCUT2D eigenvalue weighted by Crippen LogP contribution is 2.19. The number of hydrogen-bond donors (Lipinski definition) is 1. The van der Waals surface area contributed by atoms with Crippen LogP contribution in [0.25, 0.3) is 0 Å². The Morgan fingerprint density at radius 1 is 1.25 bits per heavy atom. The van der Waals surface area contributed by atoms with Gasteiger partial charge in [-0.1, -0.05) is 37.3 Å². The van der Waals surface area contributed by atoms with E-state index in [1.165, 1.54) is 5.56 Å². The summed E-state index contributed by atoms with van der Waals surface area (Å²) in [5, 5.41) is 3.57. The topological polar surface area (TPSA) is 21.3 Å². The van der Waals surface area contributed by atoms with Crippen LogP contribution < -0.4 is 5.32 Å². The van der Waals surface area contributed by atoms with Gasteiger partial charge in [0.25, 0.3) is 0 Å². The van der Waals surface area contributed by atoms with Gasteiger partial charge < -0.3 is 10.1 Å². The molecule has 0 amide bonds. The molecule has 0 fully saturated rings. The molecule has 1 aromatic carbocycles. The van der Waals surface area contributed by atoms with E-state index >= 15 is 0 Å². The third-order valence-corrected chi connectivity index (χ3v) is 2.81. The lowest BCUT2D eigenvalue weighted by Crippen LogP contribution is -2.26. The maximum atomic E-state index is 5.34. The Morgan fingerprint density at radius 3 is 2.50 bits per heavy atom. The summed E-state index contributed by atoms with van der Waals surface area (Å²) < 4.78 is 5.34. The smallest absolute Gasteiger partial charge is 0.0561 e. The first-order chi connectivity index (χ1) is 7.77. The van der Waals surface area contributed by atoms with Crippen LogP contribution in [0.5, 0.6) is 0 Å². The standard InChI is InChI=1S/C14H23NO/c1-4-10-15-14(11-12(2)16-3)13-8-6-5-7-9-13/h5-9,12,14-15H,4,10-11H2,1-3H3. The Bertz CT molecular complexity index is 273. The van der Waals surface area contributed by atoms with Gasteiger partial charge >= 0.3 is 0 Å². The molecule has 1 N–H and O–H groups in total. The van der Waals surface area contributed by atoms with E-state index in [0.29, 0.717) is 6.04 Å². The Labute approximate surface area is 99.0 Å². The van der Waals surface area contributed by atoms with Crippen molar-refractivity contribution in [1.82, 2.24) is 5.32 Å². The predicted molar refractivity (Wildman–Crippen MR) is 68.6 cm³/mol. The number of ether oxygens (including phenoxy) is 1. The zero-order valence-corrected chi connectivity index (χ0v) is 10.6. The van der Waals surface area contributed by atoms with Crippen LogP contribution in [-0.2, 0) is 4.74 Å². The van der Waals surface area contributed by atoms with E-state index in [1.807, 2.05) is 0 Å². The van der Waals surface area contributed by atoms with Crippen molar-refractivity contribution >= 4 is 0 Å². The van der Waals surface area contributed by atoms with Crippen molar-refractivity contribution < 1.29 is 4.74 Å². The average Bonchev–Trinajstić information content (AvgIpc) is 2.35. The van der Waals surface area contributed by atoms with E-state index in [0.717, 1.165) is 19.4 Å². The molecule has 0 radical (unpaired) electrons. The third-order valence-electron chi connectivity index (χ3n) is 2.81. The Morgan fingerprint density at radius 2 is 1.94 bits per heavy atom. The van der Waals surface area contributed by atoms with Crippen molar-refractivity contribution in [1.29, 1.82) is 0 Å². The van der Waals surface area contributed by atoms with Crippen LogP contribution in [0.2, 0.25) is 0 Å². The highest BCUT2D eigenvalue weighted by atomic mass is 16.5. The number of hydrogen-bond acceptors (Lipinski definition) is 2. The summed E-state index contributed by atoms with van der Waals surface area (Å²) in [5.74, 6) is 0. The van der Waals surface area contributed by atoms with Crippen molar-refractivity contribution in [2.75, 3.05) is 13.7 Å². The molecule has 1 rings (SSSR count). The zero-order chi connectivity index (χ0) is 11.8. The van der Waals surface area contributed by atoms with Crippen LogP contribution in [0.3, 0.4) is 0 Å². The molecule has 2 nitrogen and oxygen atoms in total. The van der Waals surface area contributed by atoms with Crippen molar-refractivity contribution in [2.45, 2.75) is 38.8 Å². The van der Waals surface area contributed by atoms with Gasteiger partial charge in [-0.05, 0) is 31.9 Å². The van der Waals surface area contributed by atoms with Crippen LogP contribution >= 0.6 is 0 Å². The van der Waals surface area contributed by atoms with Gasteiger partial charge in [-0.3, -0.25) is 0 Å². The zero-order valence-electron chi connectivity index (χ0n) is 10.6. The molecule has 0 saturated heterocycles. The molecule has 2 atom stereocenters. The number of methoxy groups -OCH3 is 1. The Hall–Kier alpha value is -0.860. The van der Waals surface area contributed by atoms with Gasteiger partial charge in [0.15, 0.2) is 0 Å². The molecular formula is C14H23NO. The molecule has 1 aromatic rings. The monoisotopic (exact) mass is 221 g/mol. The molecule has 0 spiro atoms. The Kier molecular flexibility index (Phi) is 6.12. The van der Waals surface area contributed by atoms with E-state index in [2.05, 4.69) is 49.5 Å². The van der Waals surface area contributed by atoms with Gasteiger partial charge in [-0.25, -0.2) is 0 Å². The van der Waals surface area contributed by atoms with E-state index in [-0.39, 0.29) is 6.10 Å². The summed E-state index contributed by atoms with van der Waals surface area (Å²) >= 11 is 0. The summed E-state index contributed by atoms with van der Waals surface area (Å²) in [6, 6.07) is 11.0. The van der Waals surface area contributed by atoms with Crippen molar-refractivity contribution in [2.24, 2.45) is 0 Å². The van der Waals surface area contributed by atoms with Crippen molar-refractivity contribution in [3.05, 3.63) is 35.9 Å². The molecule has 0 saturated carbocycles. The molecule has 2 heteroatoms. The van der Waals surface area contributed by atoms with Gasteiger partial charge in [0, 0.05) is 13.2 Å². The quantitative estimate of drug-likeness (QED) is 0.763. The van der Waals surface area contributed by atoms with Crippen LogP contribution in [0.4, 0.5) is 0 Å². The number of nitrogens with one attached hydrogen (secondary N) is 1. The minimum atomic E-state index is 0.287. The third kappa shape index (κ3) is 4.33. The van der Waals surface area contributed by atoms with Gasteiger partial charge in [-0.2, -0.15) is 0 Å². The first kappa shape index (κ1) is 13.2. The maximum absolute atomic E-state index is 5.34. The molecular weight excluding hydrogens is 198 g/mol. The van der Waals surface area contributed by atoms with E-state index in [9.17, 15) is 0 Å². The fourth-order valence-corrected chi connectivity index (χ4v) is 1.77. The lowest BCUT2D eigenvalue weighted by molar-refractivity contribution is 0.100. The highest BCUT2D eigenvalue weighted by molar-refractivity contribution is 5.18. The fourth-order valence-electron chi connectivity index (χ4n) is 1.77. The molecule has 0 heterocycles. The van der Waals surface area contributed by atoms with Gasteiger partial charge in [0.1, 0.15) is 0 Å². The number of rotatable bonds is 7. The molecule has 0 bridgehead atoms. The fraction of sp³-hybridized carbons (Fsp3) is 0.571. The predicted octanol–water partition coefficient (Wildman–Crippen LogP) is 3.15. The largest absolute Gasteiger partial charge is 0.382 e. The molecule has 0 aliphatic heterocycles. The average molecular weight is 221 g/mol. The molecule has 16 heavy (non-hydrogen) atoms. The first-order valence-corrected chi connectivity index (χ1v) is 6.09. The summed E-state index contributed by atoms with van der Waals surface area (Å²) in [7, 11) is 1.77. The molecule has 2 unspecified atom stereocenters. The van der Waals surface area contributed by atoms with Crippen LogP contribution in [-0.4, -0.2) is 19.8 Å². The minimum absolute atomic E-state index is 0.287. The second-order valence-corrected chi connectivity index (χ2v) is 4.20.